The fraction of sp³-hybridized carbons (Fsp3) is 0.400. The first-order valence-electron chi connectivity index (χ1n) is 6.64. The number of ether oxygens (including phenoxy) is 1. The zero-order chi connectivity index (χ0) is 13.7. The topological polar surface area (TPSA) is 74.8 Å². The van der Waals surface area contributed by atoms with Gasteiger partial charge in [-0.1, -0.05) is 13.3 Å². The smallest absolute Gasteiger partial charge is 0.184 e. The highest BCUT2D eigenvalue weighted by atomic mass is 16.5. The fourth-order valence-electron chi connectivity index (χ4n) is 2.17. The Kier molecular flexibility index (Phi) is 4.43. The van der Waals surface area contributed by atoms with E-state index in [4.69, 9.17) is 15.7 Å². The highest BCUT2D eigenvalue weighted by Gasteiger charge is 2.10. The van der Waals surface area contributed by atoms with E-state index in [9.17, 15) is 0 Å². The third-order valence-corrected chi connectivity index (χ3v) is 3.13. The predicted octanol–water partition coefficient (Wildman–Crippen LogP) is 2.74. The Balaban J connectivity index is 2.24. The highest BCUT2D eigenvalue weighted by molar-refractivity contribution is 5.84. The molecule has 0 radical (unpaired) electrons. The molecule has 4 heteroatoms. The van der Waals surface area contributed by atoms with Gasteiger partial charge >= 0.3 is 0 Å². The minimum Gasteiger partial charge on any atom is -0.476 e. The second-order valence-electron chi connectivity index (χ2n) is 4.58. The van der Waals surface area contributed by atoms with Gasteiger partial charge in [0.25, 0.3) is 0 Å². The molecular weight excluding hydrogens is 238 g/mol. The minimum atomic E-state index is -0.376. The molecule has 100 valence electrons. The maximum atomic E-state index is 9.03. The molecule has 19 heavy (non-hydrogen) atoms. The van der Waals surface area contributed by atoms with Crippen LogP contribution in [0.2, 0.25) is 0 Å². The van der Waals surface area contributed by atoms with Crippen LogP contribution in [0, 0.1) is 11.3 Å². The Hall–Kier alpha value is -1.99. The summed E-state index contributed by atoms with van der Waals surface area (Å²) in [5.41, 5.74) is 7.86. The molecule has 0 bridgehead atoms. The second kappa shape index (κ2) is 6.26. The minimum absolute atomic E-state index is 0.376. The zero-order valence-corrected chi connectivity index (χ0v) is 11.1. The molecule has 2 rings (SSSR count). The molecule has 3 N–H and O–H groups in total. The van der Waals surface area contributed by atoms with E-state index in [2.05, 4.69) is 11.1 Å². The number of H-pyrrole nitrogens is 1. The van der Waals surface area contributed by atoms with Gasteiger partial charge in [-0.2, -0.15) is 5.26 Å². The van der Waals surface area contributed by atoms with E-state index in [1.807, 2.05) is 31.3 Å². The number of benzene rings is 1. The Morgan fingerprint density at radius 1 is 1.47 bits per heavy atom. The molecule has 1 unspecified atom stereocenters. The number of rotatable bonds is 6. The number of hydrogen-bond donors (Lipinski definition) is 2. The average Bonchev–Trinajstić information content (AvgIpc) is 2.81. The van der Waals surface area contributed by atoms with Crippen molar-refractivity contribution in [3.8, 4) is 11.8 Å². The van der Waals surface area contributed by atoms with Gasteiger partial charge in [-0.25, -0.2) is 0 Å². The van der Waals surface area contributed by atoms with Gasteiger partial charge in [-0.05, 0) is 43.1 Å². The van der Waals surface area contributed by atoms with Crippen molar-refractivity contribution < 1.29 is 4.74 Å². The molecule has 0 amide bonds. The van der Waals surface area contributed by atoms with Crippen LogP contribution in [0.4, 0.5) is 0 Å². The maximum Gasteiger partial charge on any atom is 0.184 e. The monoisotopic (exact) mass is 257 g/mol. The van der Waals surface area contributed by atoms with E-state index in [0.29, 0.717) is 6.54 Å². The second-order valence-corrected chi connectivity index (χ2v) is 4.58. The number of nitrogens with zero attached hydrogens (tertiary/aromatic N) is 1. The maximum absolute atomic E-state index is 9.03. The van der Waals surface area contributed by atoms with Gasteiger partial charge in [-0.3, -0.25) is 0 Å². The van der Waals surface area contributed by atoms with Gasteiger partial charge in [0.15, 0.2) is 6.10 Å². The Morgan fingerprint density at radius 2 is 2.32 bits per heavy atom. The largest absolute Gasteiger partial charge is 0.476 e. The summed E-state index contributed by atoms with van der Waals surface area (Å²) in [6.07, 6.45) is 4.12. The van der Waals surface area contributed by atoms with Crippen LogP contribution in [0.15, 0.2) is 24.4 Å². The van der Waals surface area contributed by atoms with Crippen LogP contribution in [0.5, 0.6) is 5.75 Å². The molecule has 0 aliphatic rings. The van der Waals surface area contributed by atoms with Crippen LogP contribution >= 0.6 is 0 Å². The zero-order valence-electron chi connectivity index (χ0n) is 11.1. The third-order valence-electron chi connectivity index (χ3n) is 3.13. The van der Waals surface area contributed by atoms with Crippen LogP contribution in [0.25, 0.3) is 10.9 Å². The lowest BCUT2D eigenvalue weighted by Gasteiger charge is -2.11. The number of aromatic nitrogens is 1. The lowest BCUT2D eigenvalue weighted by molar-refractivity contribution is 0.244. The molecule has 2 aromatic rings. The normalized spacial score (nSPS) is 12.3. The van der Waals surface area contributed by atoms with Gasteiger partial charge < -0.3 is 15.5 Å². The van der Waals surface area contributed by atoms with Gasteiger partial charge in [0.1, 0.15) is 11.8 Å². The van der Waals surface area contributed by atoms with Crippen LogP contribution in [0.1, 0.15) is 25.3 Å². The summed E-state index contributed by atoms with van der Waals surface area (Å²) in [6.45, 7) is 2.66. The summed E-state index contributed by atoms with van der Waals surface area (Å²) < 4.78 is 5.71. The Bertz CT molecular complexity index is 583. The number of aromatic amines is 1. The summed E-state index contributed by atoms with van der Waals surface area (Å²) >= 11 is 0. The summed E-state index contributed by atoms with van der Waals surface area (Å²) in [4.78, 5) is 3.22. The first kappa shape index (κ1) is 13.4. The molecule has 0 saturated carbocycles. The predicted molar refractivity (Wildman–Crippen MR) is 76.0 cm³/mol. The number of nitrogens with one attached hydrogen (secondary N) is 1. The van der Waals surface area contributed by atoms with Crippen LogP contribution in [-0.2, 0) is 6.42 Å². The third kappa shape index (κ3) is 3.07. The first-order valence-corrected chi connectivity index (χ1v) is 6.64. The highest BCUT2D eigenvalue weighted by Crippen LogP contribution is 2.25. The fourth-order valence-corrected chi connectivity index (χ4v) is 2.17. The van der Waals surface area contributed by atoms with E-state index >= 15 is 0 Å². The summed E-state index contributed by atoms with van der Waals surface area (Å²) in [5, 5.41) is 10.2. The van der Waals surface area contributed by atoms with E-state index in [-0.39, 0.29) is 6.10 Å². The van der Waals surface area contributed by atoms with E-state index in [1.54, 1.807) is 0 Å². The van der Waals surface area contributed by atoms with Crippen LogP contribution in [-0.4, -0.2) is 17.6 Å². The van der Waals surface area contributed by atoms with Crippen molar-refractivity contribution in [3.05, 3.63) is 30.0 Å². The van der Waals surface area contributed by atoms with E-state index in [0.717, 1.165) is 35.9 Å². The standard InChI is InChI=1S/C15H19N3O/c1-2-3-13(9-17)19-12-4-5-15-14(8-12)11(6-7-16)10-18-15/h4-5,8,10,13,18H,2-3,6-7,16H2,1H3. The quantitative estimate of drug-likeness (QED) is 0.835. The molecule has 0 spiro atoms. The van der Waals surface area contributed by atoms with E-state index < -0.39 is 0 Å². The molecule has 1 aromatic heterocycles. The van der Waals surface area contributed by atoms with Crippen molar-refractivity contribution >= 4 is 10.9 Å². The molecule has 1 atom stereocenters. The van der Waals surface area contributed by atoms with Gasteiger partial charge in [0.2, 0.25) is 0 Å². The average molecular weight is 257 g/mol. The van der Waals surface area contributed by atoms with Crippen molar-refractivity contribution in [2.24, 2.45) is 5.73 Å². The molecule has 1 aromatic carbocycles. The van der Waals surface area contributed by atoms with Crippen molar-refractivity contribution in [2.75, 3.05) is 6.54 Å². The van der Waals surface area contributed by atoms with Gasteiger partial charge in [0, 0.05) is 17.1 Å². The molecule has 0 saturated heterocycles. The lowest BCUT2D eigenvalue weighted by atomic mass is 10.1. The van der Waals surface area contributed by atoms with Crippen molar-refractivity contribution in [3.63, 3.8) is 0 Å². The number of hydrogen-bond acceptors (Lipinski definition) is 3. The molecule has 0 fully saturated rings. The van der Waals surface area contributed by atoms with Crippen molar-refractivity contribution in [2.45, 2.75) is 32.3 Å². The lowest BCUT2D eigenvalue weighted by Crippen LogP contribution is -2.13. The molecule has 1 heterocycles. The van der Waals surface area contributed by atoms with Gasteiger partial charge in [-0.15, -0.1) is 0 Å². The number of nitriles is 1. The Labute approximate surface area is 113 Å². The van der Waals surface area contributed by atoms with Gasteiger partial charge in [0.05, 0.1) is 0 Å². The van der Waals surface area contributed by atoms with Crippen LogP contribution < -0.4 is 10.5 Å². The molecular formula is C15H19N3O. The number of fused-ring (bicyclic) bond motifs is 1. The molecule has 4 nitrogen and oxygen atoms in total. The van der Waals surface area contributed by atoms with E-state index in [1.165, 1.54) is 5.56 Å². The van der Waals surface area contributed by atoms with Crippen molar-refractivity contribution in [1.29, 1.82) is 5.26 Å². The molecule has 0 aliphatic heterocycles. The summed E-state index contributed by atoms with van der Waals surface area (Å²) in [6, 6.07) is 8.04. The number of nitrogens with two attached hydrogens (primary N) is 1. The Morgan fingerprint density at radius 3 is 3.00 bits per heavy atom. The summed E-state index contributed by atoms with van der Waals surface area (Å²) in [7, 11) is 0. The SMILES string of the molecule is CCCC(C#N)Oc1ccc2[nH]cc(CCN)c2c1. The van der Waals surface area contributed by atoms with Crippen LogP contribution in [0.3, 0.4) is 0 Å². The summed E-state index contributed by atoms with van der Waals surface area (Å²) in [5.74, 6) is 0.741. The van der Waals surface area contributed by atoms with Crippen molar-refractivity contribution in [1.82, 2.24) is 4.98 Å². The first-order chi connectivity index (χ1) is 9.28. The molecule has 0 aliphatic carbocycles.